The Kier molecular flexibility index (Phi) is 3.98. The third-order valence-corrected chi connectivity index (χ3v) is 3.10. The molecule has 1 amide bonds. The number of nitrogens with two attached hydrogens (primary N) is 1. The third-order valence-electron chi connectivity index (χ3n) is 3.10. The second-order valence-electron chi connectivity index (χ2n) is 5.09. The lowest BCUT2D eigenvalue weighted by molar-refractivity contribution is -0.117. The molecule has 1 fully saturated rings. The van der Waals surface area contributed by atoms with Crippen molar-refractivity contribution in [2.45, 2.75) is 32.4 Å². The van der Waals surface area contributed by atoms with Crippen molar-refractivity contribution in [1.82, 2.24) is 14.7 Å². The van der Waals surface area contributed by atoms with Crippen LogP contribution in [-0.2, 0) is 4.79 Å². The highest BCUT2D eigenvalue weighted by Crippen LogP contribution is 2.13. The number of nitrogens with zero attached hydrogens (tertiary/aromatic N) is 3. The van der Waals surface area contributed by atoms with E-state index >= 15 is 0 Å². The van der Waals surface area contributed by atoms with Crippen molar-refractivity contribution in [2.24, 2.45) is 5.73 Å². The zero-order chi connectivity index (χ0) is 13.1. The summed E-state index contributed by atoms with van der Waals surface area (Å²) < 4.78 is 1.80. The average Bonchev–Trinajstić information content (AvgIpc) is 2.87. The Morgan fingerprint density at radius 2 is 2.44 bits per heavy atom. The minimum Gasteiger partial charge on any atom is -0.326 e. The lowest BCUT2D eigenvalue weighted by atomic mass is 10.3. The molecule has 1 aliphatic heterocycles. The number of likely N-dealkylation sites (tertiary alicyclic amines) is 1. The topological polar surface area (TPSA) is 76.2 Å². The molecule has 2 rings (SSSR count). The van der Waals surface area contributed by atoms with Crippen LogP contribution in [0.5, 0.6) is 0 Å². The largest absolute Gasteiger partial charge is 0.326 e. The van der Waals surface area contributed by atoms with Crippen LogP contribution in [0, 0.1) is 0 Å². The number of carbonyl (C=O) groups excluding carboxylic acids is 1. The Bertz CT molecular complexity index is 414. The van der Waals surface area contributed by atoms with Crippen LogP contribution in [0.15, 0.2) is 12.3 Å². The highest BCUT2D eigenvalue weighted by molar-refractivity contribution is 5.91. The second-order valence-corrected chi connectivity index (χ2v) is 5.09. The van der Waals surface area contributed by atoms with E-state index in [0.29, 0.717) is 6.54 Å². The van der Waals surface area contributed by atoms with E-state index in [0.717, 1.165) is 25.3 Å². The smallest absolute Gasteiger partial charge is 0.239 e. The average molecular weight is 251 g/mol. The molecule has 6 nitrogen and oxygen atoms in total. The zero-order valence-electron chi connectivity index (χ0n) is 11.0. The molecule has 0 aromatic carbocycles. The molecule has 18 heavy (non-hydrogen) atoms. The number of aromatic nitrogens is 2. The molecule has 1 aliphatic rings. The van der Waals surface area contributed by atoms with Crippen molar-refractivity contribution in [3.8, 4) is 0 Å². The van der Waals surface area contributed by atoms with Gasteiger partial charge in [-0.05, 0) is 20.3 Å². The molecule has 6 heteroatoms. The van der Waals surface area contributed by atoms with Crippen molar-refractivity contribution >= 4 is 11.7 Å². The monoisotopic (exact) mass is 251 g/mol. The van der Waals surface area contributed by atoms with Crippen LogP contribution in [0.4, 0.5) is 5.82 Å². The molecule has 100 valence electrons. The van der Waals surface area contributed by atoms with E-state index in [2.05, 4.69) is 15.3 Å². The fraction of sp³-hybridized carbons (Fsp3) is 0.667. The number of anilines is 1. The molecular weight excluding hydrogens is 230 g/mol. The highest BCUT2D eigenvalue weighted by Gasteiger charge is 2.21. The molecule has 1 atom stereocenters. The van der Waals surface area contributed by atoms with Crippen molar-refractivity contribution < 1.29 is 4.79 Å². The van der Waals surface area contributed by atoms with Crippen LogP contribution in [0.1, 0.15) is 26.3 Å². The predicted molar refractivity (Wildman–Crippen MR) is 70.3 cm³/mol. The van der Waals surface area contributed by atoms with Gasteiger partial charge in [0, 0.05) is 31.2 Å². The molecule has 0 saturated carbocycles. The first-order valence-electron chi connectivity index (χ1n) is 6.37. The summed E-state index contributed by atoms with van der Waals surface area (Å²) in [7, 11) is 0. The van der Waals surface area contributed by atoms with Crippen LogP contribution in [0.3, 0.4) is 0 Å². The summed E-state index contributed by atoms with van der Waals surface area (Å²) in [6.07, 6.45) is 2.67. The number of nitrogens with one attached hydrogen (secondary N) is 1. The van der Waals surface area contributed by atoms with E-state index < -0.39 is 0 Å². The van der Waals surface area contributed by atoms with Gasteiger partial charge in [-0.25, -0.2) is 4.68 Å². The molecule has 0 spiro atoms. The van der Waals surface area contributed by atoms with E-state index in [1.165, 1.54) is 0 Å². The van der Waals surface area contributed by atoms with Gasteiger partial charge in [0.05, 0.1) is 12.7 Å². The van der Waals surface area contributed by atoms with E-state index in [-0.39, 0.29) is 18.0 Å². The SMILES string of the molecule is CC(C)n1nccc1NC(=O)CN1CC[C@H](N)C1. The quantitative estimate of drug-likeness (QED) is 0.814. The molecule has 0 radical (unpaired) electrons. The standard InChI is InChI=1S/C12H21N5O/c1-9(2)17-11(3-5-14-17)15-12(18)8-16-6-4-10(13)7-16/h3,5,9-10H,4,6-8,13H2,1-2H3,(H,15,18)/t10-/m0/s1. The Labute approximate surface area is 107 Å². The minimum absolute atomic E-state index is 0.00787. The predicted octanol–water partition coefficient (Wildman–Crippen LogP) is 0.436. The van der Waals surface area contributed by atoms with E-state index in [9.17, 15) is 4.79 Å². The number of carbonyl (C=O) groups is 1. The van der Waals surface area contributed by atoms with Gasteiger partial charge in [0.1, 0.15) is 5.82 Å². The Morgan fingerprint density at radius 1 is 1.67 bits per heavy atom. The maximum absolute atomic E-state index is 11.9. The van der Waals surface area contributed by atoms with Gasteiger partial charge < -0.3 is 11.1 Å². The number of amides is 1. The molecule has 1 aromatic rings. The van der Waals surface area contributed by atoms with Crippen LogP contribution >= 0.6 is 0 Å². The first-order chi connectivity index (χ1) is 8.56. The second kappa shape index (κ2) is 5.49. The zero-order valence-corrected chi connectivity index (χ0v) is 11.0. The van der Waals surface area contributed by atoms with Crippen LogP contribution < -0.4 is 11.1 Å². The van der Waals surface area contributed by atoms with Crippen LogP contribution in [0.25, 0.3) is 0 Å². The summed E-state index contributed by atoms with van der Waals surface area (Å²) in [6.45, 7) is 6.16. The fourth-order valence-electron chi connectivity index (χ4n) is 2.22. The molecule has 0 aliphatic carbocycles. The number of hydrogen-bond donors (Lipinski definition) is 2. The molecule has 3 N–H and O–H groups in total. The summed E-state index contributed by atoms with van der Waals surface area (Å²) in [5.74, 6) is 0.741. The molecule has 0 bridgehead atoms. The van der Waals surface area contributed by atoms with Gasteiger partial charge in [-0.15, -0.1) is 0 Å². The minimum atomic E-state index is -0.00787. The highest BCUT2D eigenvalue weighted by atomic mass is 16.2. The summed E-state index contributed by atoms with van der Waals surface area (Å²) in [5.41, 5.74) is 5.81. The molecule has 0 unspecified atom stereocenters. The van der Waals surface area contributed by atoms with E-state index in [4.69, 9.17) is 5.73 Å². The summed E-state index contributed by atoms with van der Waals surface area (Å²) in [5, 5.41) is 7.07. The van der Waals surface area contributed by atoms with E-state index in [1.54, 1.807) is 10.9 Å². The van der Waals surface area contributed by atoms with E-state index in [1.807, 2.05) is 19.9 Å². The van der Waals surface area contributed by atoms with Gasteiger partial charge in [-0.1, -0.05) is 0 Å². The Morgan fingerprint density at radius 3 is 3.06 bits per heavy atom. The normalized spacial score (nSPS) is 20.6. The molecule has 2 heterocycles. The lowest BCUT2D eigenvalue weighted by Crippen LogP contribution is -2.34. The molecule has 1 aromatic heterocycles. The molecular formula is C12H21N5O. The molecule has 1 saturated heterocycles. The first-order valence-corrected chi connectivity index (χ1v) is 6.37. The van der Waals surface area contributed by atoms with Crippen molar-refractivity contribution in [2.75, 3.05) is 25.0 Å². The van der Waals surface area contributed by atoms with Crippen LogP contribution in [0.2, 0.25) is 0 Å². The fourth-order valence-corrected chi connectivity index (χ4v) is 2.22. The number of rotatable bonds is 4. The van der Waals surface area contributed by atoms with Gasteiger partial charge in [0.15, 0.2) is 0 Å². The van der Waals surface area contributed by atoms with Gasteiger partial charge in [-0.3, -0.25) is 9.69 Å². The Hall–Kier alpha value is -1.40. The summed E-state index contributed by atoms with van der Waals surface area (Å²) in [6, 6.07) is 2.25. The van der Waals surface area contributed by atoms with Crippen molar-refractivity contribution in [3.63, 3.8) is 0 Å². The maximum atomic E-state index is 11.9. The first kappa shape index (κ1) is 13.0. The van der Waals surface area contributed by atoms with Crippen LogP contribution in [-0.4, -0.2) is 46.3 Å². The lowest BCUT2D eigenvalue weighted by Gasteiger charge is -2.16. The van der Waals surface area contributed by atoms with Crippen molar-refractivity contribution in [1.29, 1.82) is 0 Å². The van der Waals surface area contributed by atoms with Crippen molar-refractivity contribution in [3.05, 3.63) is 12.3 Å². The third kappa shape index (κ3) is 3.08. The van der Waals surface area contributed by atoms with Gasteiger partial charge in [-0.2, -0.15) is 5.10 Å². The maximum Gasteiger partial charge on any atom is 0.239 e. The van der Waals surface area contributed by atoms with Gasteiger partial charge >= 0.3 is 0 Å². The Balaban J connectivity index is 1.89. The van der Waals surface area contributed by atoms with Gasteiger partial charge in [0.25, 0.3) is 0 Å². The summed E-state index contributed by atoms with van der Waals surface area (Å²) >= 11 is 0. The number of hydrogen-bond acceptors (Lipinski definition) is 4. The summed E-state index contributed by atoms with van der Waals surface area (Å²) in [4.78, 5) is 14.0. The van der Waals surface area contributed by atoms with Gasteiger partial charge in [0.2, 0.25) is 5.91 Å².